The first-order chi connectivity index (χ1) is 7.61. The Balaban J connectivity index is 3.87. The molecule has 1 amide bonds. The van der Waals surface area contributed by atoms with Crippen molar-refractivity contribution in [3.63, 3.8) is 0 Å². The summed E-state index contributed by atoms with van der Waals surface area (Å²) >= 11 is 0. The Morgan fingerprint density at radius 2 is 1.76 bits per heavy atom. The van der Waals surface area contributed by atoms with Gasteiger partial charge >= 0.3 is 0 Å². The van der Waals surface area contributed by atoms with Gasteiger partial charge in [-0.2, -0.15) is 0 Å². The van der Waals surface area contributed by atoms with Crippen molar-refractivity contribution in [1.29, 1.82) is 0 Å². The van der Waals surface area contributed by atoms with E-state index in [9.17, 15) is 9.90 Å². The van der Waals surface area contributed by atoms with Crippen molar-refractivity contribution in [3.05, 3.63) is 0 Å². The second kappa shape index (κ2) is 7.00. The molecule has 0 aromatic heterocycles. The molecule has 0 heterocycles. The highest BCUT2D eigenvalue weighted by Gasteiger charge is 2.18. The maximum Gasteiger partial charge on any atom is 0.220 e. The molecular weight excluding hydrogens is 214 g/mol. The molecule has 2 unspecified atom stereocenters. The average Bonchev–Trinajstić information content (AvgIpc) is 2.10. The second-order valence-corrected chi connectivity index (χ2v) is 6.69. The largest absolute Gasteiger partial charge is 0.391 e. The highest BCUT2D eigenvalue weighted by molar-refractivity contribution is 5.76. The average molecular weight is 243 g/mol. The van der Waals surface area contributed by atoms with Crippen molar-refractivity contribution >= 4 is 5.91 Å². The maximum absolute atomic E-state index is 11.6. The summed E-state index contributed by atoms with van der Waals surface area (Å²) in [7, 11) is 0. The van der Waals surface area contributed by atoms with Gasteiger partial charge in [0.25, 0.3) is 0 Å². The van der Waals surface area contributed by atoms with E-state index in [1.807, 2.05) is 13.8 Å². The first-order valence-corrected chi connectivity index (χ1v) is 6.56. The first kappa shape index (κ1) is 16.4. The third-order valence-corrected chi connectivity index (χ3v) is 2.77. The zero-order chi connectivity index (χ0) is 13.6. The van der Waals surface area contributed by atoms with Crippen molar-refractivity contribution in [3.8, 4) is 0 Å². The molecule has 17 heavy (non-hydrogen) atoms. The van der Waals surface area contributed by atoms with Gasteiger partial charge in [-0.15, -0.1) is 0 Å². The third kappa shape index (κ3) is 9.16. The molecule has 0 saturated carbocycles. The zero-order valence-corrected chi connectivity index (χ0v) is 12.2. The number of rotatable bonds is 6. The molecule has 3 heteroatoms. The van der Waals surface area contributed by atoms with Gasteiger partial charge in [-0.1, -0.05) is 41.5 Å². The van der Waals surface area contributed by atoms with Gasteiger partial charge in [-0.3, -0.25) is 4.79 Å². The Bertz CT molecular complexity index is 231. The van der Waals surface area contributed by atoms with Crippen LogP contribution in [0.2, 0.25) is 0 Å². The molecule has 0 fully saturated rings. The number of aliphatic hydroxyl groups excluding tert-OH is 1. The van der Waals surface area contributed by atoms with E-state index in [4.69, 9.17) is 0 Å². The summed E-state index contributed by atoms with van der Waals surface area (Å²) in [6, 6.07) is 0. The van der Waals surface area contributed by atoms with Gasteiger partial charge in [0.05, 0.1) is 6.10 Å². The molecule has 0 spiro atoms. The van der Waals surface area contributed by atoms with Crippen LogP contribution in [0.15, 0.2) is 0 Å². The summed E-state index contributed by atoms with van der Waals surface area (Å²) in [5.41, 5.74) is 0.261. The standard InChI is InChI=1S/C14H29NO2/c1-10(2)12(16)9-15-13(17)7-11(3)8-14(4,5)6/h10-12,16H,7-9H2,1-6H3,(H,15,17). The maximum atomic E-state index is 11.6. The lowest BCUT2D eigenvalue weighted by Gasteiger charge is -2.23. The van der Waals surface area contributed by atoms with Crippen LogP contribution in [0.1, 0.15) is 54.4 Å². The van der Waals surface area contributed by atoms with Gasteiger partial charge in [0.1, 0.15) is 0 Å². The van der Waals surface area contributed by atoms with E-state index in [2.05, 4.69) is 33.0 Å². The van der Waals surface area contributed by atoms with E-state index < -0.39 is 6.10 Å². The predicted molar refractivity (Wildman–Crippen MR) is 71.7 cm³/mol. The molecule has 0 aliphatic rings. The molecule has 0 aliphatic carbocycles. The van der Waals surface area contributed by atoms with Crippen LogP contribution < -0.4 is 5.32 Å². The van der Waals surface area contributed by atoms with Crippen LogP contribution in [0.25, 0.3) is 0 Å². The Morgan fingerprint density at radius 1 is 1.24 bits per heavy atom. The topological polar surface area (TPSA) is 49.3 Å². The lowest BCUT2D eigenvalue weighted by Crippen LogP contribution is -2.35. The van der Waals surface area contributed by atoms with Gasteiger partial charge in [0.15, 0.2) is 0 Å². The number of hydrogen-bond donors (Lipinski definition) is 2. The molecule has 0 aromatic rings. The molecular formula is C14H29NO2. The second-order valence-electron chi connectivity index (χ2n) is 6.69. The number of carbonyl (C=O) groups excluding carboxylic acids is 1. The van der Waals surface area contributed by atoms with E-state index in [0.717, 1.165) is 6.42 Å². The lowest BCUT2D eigenvalue weighted by molar-refractivity contribution is -0.122. The summed E-state index contributed by atoms with van der Waals surface area (Å²) in [6.07, 6.45) is 1.13. The van der Waals surface area contributed by atoms with Gasteiger partial charge < -0.3 is 10.4 Å². The molecule has 0 aliphatic heterocycles. The minimum absolute atomic E-state index is 0.0430. The molecule has 3 nitrogen and oxygen atoms in total. The van der Waals surface area contributed by atoms with Crippen molar-refractivity contribution < 1.29 is 9.90 Å². The number of carbonyl (C=O) groups is 1. The molecule has 0 saturated heterocycles. The van der Waals surface area contributed by atoms with Crippen molar-refractivity contribution in [1.82, 2.24) is 5.32 Å². The highest BCUT2D eigenvalue weighted by atomic mass is 16.3. The molecule has 0 rings (SSSR count). The minimum atomic E-state index is -0.447. The monoisotopic (exact) mass is 243 g/mol. The van der Waals surface area contributed by atoms with E-state index in [1.54, 1.807) is 0 Å². The normalized spacial score (nSPS) is 15.8. The van der Waals surface area contributed by atoms with Gasteiger partial charge in [-0.05, 0) is 23.7 Å². The summed E-state index contributed by atoms with van der Waals surface area (Å²) < 4.78 is 0. The van der Waals surface area contributed by atoms with Gasteiger partial charge in [0.2, 0.25) is 5.91 Å². The predicted octanol–water partition coefficient (Wildman–Crippen LogP) is 2.58. The van der Waals surface area contributed by atoms with E-state index in [-0.39, 0.29) is 17.2 Å². The van der Waals surface area contributed by atoms with Crippen LogP contribution in [0.4, 0.5) is 0 Å². The summed E-state index contributed by atoms with van der Waals surface area (Å²) in [5.74, 6) is 0.606. The molecule has 0 radical (unpaired) electrons. The smallest absolute Gasteiger partial charge is 0.220 e. The Labute approximate surface area is 106 Å². The fourth-order valence-electron chi connectivity index (χ4n) is 1.96. The van der Waals surface area contributed by atoms with Gasteiger partial charge in [-0.25, -0.2) is 0 Å². The van der Waals surface area contributed by atoms with Crippen LogP contribution >= 0.6 is 0 Å². The van der Waals surface area contributed by atoms with E-state index in [0.29, 0.717) is 18.9 Å². The van der Waals surface area contributed by atoms with E-state index >= 15 is 0 Å². The summed E-state index contributed by atoms with van der Waals surface area (Å²) in [6.45, 7) is 12.9. The first-order valence-electron chi connectivity index (χ1n) is 6.56. The van der Waals surface area contributed by atoms with Gasteiger partial charge in [0, 0.05) is 13.0 Å². The number of nitrogens with one attached hydrogen (secondary N) is 1. The SMILES string of the molecule is CC(CC(=O)NCC(O)C(C)C)CC(C)(C)C. The number of amides is 1. The quantitative estimate of drug-likeness (QED) is 0.753. The van der Waals surface area contributed by atoms with Crippen LogP contribution in [0.5, 0.6) is 0 Å². The number of aliphatic hydroxyl groups is 1. The summed E-state index contributed by atoms with van der Waals surface area (Å²) in [5, 5.41) is 12.4. The highest BCUT2D eigenvalue weighted by Crippen LogP contribution is 2.25. The van der Waals surface area contributed by atoms with Crippen molar-refractivity contribution in [2.24, 2.45) is 17.3 Å². The van der Waals surface area contributed by atoms with Crippen LogP contribution in [0.3, 0.4) is 0 Å². The Morgan fingerprint density at radius 3 is 2.18 bits per heavy atom. The Hall–Kier alpha value is -0.570. The van der Waals surface area contributed by atoms with Crippen LogP contribution in [-0.4, -0.2) is 23.7 Å². The van der Waals surface area contributed by atoms with Crippen molar-refractivity contribution in [2.45, 2.75) is 60.5 Å². The molecule has 102 valence electrons. The Kier molecular flexibility index (Phi) is 6.76. The zero-order valence-electron chi connectivity index (χ0n) is 12.2. The lowest BCUT2D eigenvalue weighted by atomic mass is 9.84. The molecule has 2 atom stereocenters. The van der Waals surface area contributed by atoms with Crippen LogP contribution in [0, 0.1) is 17.3 Å². The number of hydrogen-bond acceptors (Lipinski definition) is 2. The van der Waals surface area contributed by atoms with E-state index in [1.165, 1.54) is 0 Å². The summed E-state index contributed by atoms with van der Waals surface area (Å²) in [4.78, 5) is 11.6. The fourth-order valence-corrected chi connectivity index (χ4v) is 1.96. The molecule has 0 bridgehead atoms. The minimum Gasteiger partial charge on any atom is -0.391 e. The molecule has 2 N–H and O–H groups in total. The van der Waals surface area contributed by atoms with Crippen LogP contribution in [-0.2, 0) is 4.79 Å². The fraction of sp³-hybridized carbons (Fsp3) is 0.929. The van der Waals surface area contributed by atoms with Crippen molar-refractivity contribution in [2.75, 3.05) is 6.54 Å². The third-order valence-electron chi connectivity index (χ3n) is 2.77. The molecule has 0 aromatic carbocycles.